The third kappa shape index (κ3) is 4.50. The second-order valence-corrected chi connectivity index (χ2v) is 8.23. The van der Waals surface area contributed by atoms with Crippen LogP contribution in [0.5, 0.6) is 0 Å². The molecule has 3 heterocycles. The van der Waals surface area contributed by atoms with Crippen molar-refractivity contribution in [3.8, 4) is 0 Å². The highest BCUT2D eigenvalue weighted by Crippen LogP contribution is 2.32. The molecule has 12 heteroatoms. The summed E-state index contributed by atoms with van der Waals surface area (Å²) in [5, 5.41) is 20.7. The Morgan fingerprint density at radius 1 is 1.23 bits per heavy atom. The smallest absolute Gasteiger partial charge is 0.167 e. The number of halogens is 2. The largest absolute Gasteiger partial charge is 0.387 e. The molecule has 5 atom stereocenters. The zero-order valence-electron chi connectivity index (χ0n) is 14.3. The summed E-state index contributed by atoms with van der Waals surface area (Å²) >= 11 is 0. The van der Waals surface area contributed by atoms with Crippen LogP contribution < -0.4 is 11.5 Å². The van der Waals surface area contributed by atoms with Crippen molar-refractivity contribution in [2.45, 2.75) is 31.0 Å². The maximum Gasteiger partial charge on any atom is 0.167 e. The molecule has 1 aliphatic heterocycles. The van der Waals surface area contributed by atoms with Gasteiger partial charge in [-0.05, 0) is 17.4 Å². The molecule has 0 spiro atoms. The molecular formula is C14H25Cl2N6O3S+. The summed E-state index contributed by atoms with van der Waals surface area (Å²) in [6, 6.07) is 0. The van der Waals surface area contributed by atoms with Crippen LogP contribution >= 0.6 is 24.8 Å². The van der Waals surface area contributed by atoms with Gasteiger partial charge in [-0.15, -0.1) is 24.8 Å². The van der Waals surface area contributed by atoms with Crippen molar-refractivity contribution in [1.82, 2.24) is 19.5 Å². The number of nitrogens with zero attached hydrogens (tertiary/aromatic N) is 4. The van der Waals surface area contributed by atoms with Gasteiger partial charge in [0.2, 0.25) is 0 Å². The lowest BCUT2D eigenvalue weighted by molar-refractivity contribution is -0.0290. The number of fused-ring (bicyclic) bond motifs is 1. The van der Waals surface area contributed by atoms with E-state index in [1.807, 2.05) is 0 Å². The van der Waals surface area contributed by atoms with Gasteiger partial charge in [0.05, 0.1) is 12.6 Å². The molecule has 2 aromatic rings. The Bertz CT molecular complexity index is 708. The Balaban J connectivity index is 0.00000169. The number of nitrogen functional groups attached to an aromatic ring is 1. The normalized spacial score (nSPS) is 26.3. The summed E-state index contributed by atoms with van der Waals surface area (Å²) in [5.74, 6) is 1.93. The SMILES string of the molecule is C[S+](CCCN)C[C@H]1O[C@@H](n2cnc3c(N)ncnc32)[C@H](O)[C@@H]1O.Cl.Cl. The first-order valence-electron chi connectivity index (χ1n) is 7.76. The van der Waals surface area contributed by atoms with Crippen LogP contribution in [0.2, 0.25) is 0 Å². The lowest BCUT2D eigenvalue weighted by Crippen LogP contribution is -2.35. The van der Waals surface area contributed by atoms with Gasteiger partial charge in [-0.1, -0.05) is 0 Å². The van der Waals surface area contributed by atoms with Gasteiger partial charge >= 0.3 is 0 Å². The zero-order chi connectivity index (χ0) is 17.3. The van der Waals surface area contributed by atoms with Crippen molar-refractivity contribution < 1.29 is 14.9 Å². The molecule has 26 heavy (non-hydrogen) atoms. The van der Waals surface area contributed by atoms with Gasteiger partial charge in [-0.25, -0.2) is 15.0 Å². The number of aliphatic hydroxyl groups excluding tert-OH is 2. The maximum absolute atomic E-state index is 10.4. The van der Waals surface area contributed by atoms with Crippen molar-refractivity contribution in [2.24, 2.45) is 5.73 Å². The number of imidazole rings is 1. The molecule has 1 aliphatic rings. The minimum absolute atomic E-state index is 0. The van der Waals surface area contributed by atoms with Gasteiger partial charge in [0.1, 0.15) is 41.7 Å². The Morgan fingerprint density at radius 3 is 2.65 bits per heavy atom. The molecule has 0 radical (unpaired) electrons. The monoisotopic (exact) mass is 427 g/mol. The standard InChI is InChI=1S/C14H23N6O3S.2ClH/c1-24(4-2-3-15)5-8-10(21)11(22)14(23-8)20-7-19-9-12(16)17-6-18-13(9)20;;/h6-8,10-11,14,21-22H,2-5,15H2,1H3,(H2,16,17,18);2*1H/q+1;;/t8-,10-,11-,14-,24?;;/m1../s1. The molecule has 1 unspecified atom stereocenters. The lowest BCUT2D eigenvalue weighted by Gasteiger charge is -2.16. The van der Waals surface area contributed by atoms with Crippen LogP contribution in [0.25, 0.3) is 11.2 Å². The van der Waals surface area contributed by atoms with Crippen LogP contribution in [0.4, 0.5) is 5.82 Å². The van der Waals surface area contributed by atoms with Crippen LogP contribution in [-0.2, 0) is 15.6 Å². The molecule has 0 saturated carbocycles. The number of anilines is 1. The highest BCUT2D eigenvalue weighted by Gasteiger charge is 2.46. The van der Waals surface area contributed by atoms with Gasteiger partial charge in [-0.2, -0.15) is 0 Å². The molecule has 148 valence electrons. The molecule has 0 aliphatic carbocycles. The van der Waals surface area contributed by atoms with Crippen LogP contribution in [-0.4, -0.2) is 72.4 Å². The zero-order valence-corrected chi connectivity index (χ0v) is 16.7. The highest BCUT2D eigenvalue weighted by molar-refractivity contribution is 7.96. The number of nitrogens with two attached hydrogens (primary N) is 2. The molecule has 6 N–H and O–H groups in total. The highest BCUT2D eigenvalue weighted by atomic mass is 35.5. The van der Waals surface area contributed by atoms with Gasteiger partial charge in [0, 0.05) is 6.42 Å². The number of rotatable bonds is 6. The third-order valence-corrected chi connectivity index (χ3v) is 6.03. The molecular weight excluding hydrogens is 403 g/mol. The quantitative estimate of drug-likeness (QED) is 0.449. The van der Waals surface area contributed by atoms with Gasteiger partial charge in [-0.3, -0.25) is 4.57 Å². The second kappa shape index (κ2) is 9.88. The van der Waals surface area contributed by atoms with E-state index in [0.717, 1.165) is 12.2 Å². The topological polar surface area (TPSA) is 145 Å². The van der Waals surface area contributed by atoms with E-state index in [9.17, 15) is 10.2 Å². The van der Waals surface area contributed by atoms with Crippen LogP contribution in [0.15, 0.2) is 12.7 Å². The summed E-state index contributed by atoms with van der Waals surface area (Å²) in [4.78, 5) is 12.2. The van der Waals surface area contributed by atoms with Crippen LogP contribution in [0.1, 0.15) is 12.6 Å². The number of aliphatic hydroxyl groups is 2. The molecule has 2 aromatic heterocycles. The van der Waals surface area contributed by atoms with Gasteiger partial charge in [0.25, 0.3) is 0 Å². The van der Waals surface area contributed by atoms with E-state index < -0.39 is 24.5 Å². The van der Waals surface area contributed by atoms with E-state index in [0.29, 0.717) is 23.5 Å². The Morgan fingerprint density at radius 2 is 1.96 bits per heavy atom. The molecule has 1 saturated heterocycles. The first-order valence-corrected chi connectivity index (χ1v) is 9.74. The average molecular weight is 428 g/mol. The fraction of sp³-hybridized carbons (Fsp3) is 0.643. The first kappa shape index (κ1) is 23.2. The lowest BCUT2D eigenvalue weighted by atomic mass is 10.1. The summed E-state index contributed by atoms with van der Waals surface area (Å²) in [6.07, 6.45) is 2.68. The Hall–Kier alpha value is -0.880. The predicted octanol–water partition coefficient (Wildman–Crippen LogP) is -0.532. The minimum atomic E-state index is -1.06. The Labute approximate surface area is 166 Å². The van der Waals surface area contributed by atoms with Crippen molar-refractivity contribution in [3.05, 3.63) is 12.7 Å². The van der Waals surface area contributed by atoms with Crippen LogP contribution in [0.3, 0.4) is 0 Å². The molecule has 0 amide bonds. The van der Waals surface area contributed by atoms with E-state index in [4.69, 9.17) is 16.2 Å². The van der Waals surface area contributed by atoms with E-state index in [1.54, 1.807) is 4.57 Å². The molecule has 1 fully saturated rings. The first-order chi connectivity index (χ1) is 11.5. The molecule has 0 bridgehead atoms. The fourth-order valence-electron chi connectivity index (χ4n) is 2.85. The van der Waals surface area contributed by atoms with E-state index in [2.05, 4.69) is 21.2 Å². The molecule has 0 aromatic carbocycles. The van der Waals surface area contributed by atoms with Crippen molar-refractivity contribution in [1.29, 1.82) is 0 Å². The predicted molar refractivity (Wildman–Crippen MR) is 107 cm³/mol. The molecule has 3 rings (SSSR count). The molecule has 9 nitrogen and oxygen atoms in total. The number of hydrogen-bond donors (Lipinski definition) is 4. The van der Waals surface area contributed by atoms with Gasteiger partial charge < -0.3 is 26.4 Å². The minimum Gasteiger partial charge on any atom is -0.387 e. The summed E-state index contributed by atoms with van der Waals surface area (Å²) in [7, 11) is 0.0655. The van der Waals surface area contributed by atoms with E-state index in [1.165, 1.54) is 12.7 Å². The van der Waals surface area contributed by atoms with E-state index >= 15 is 0 Å². The van der Waals surface area contributed by atoms with E-state index in [-0.39, 0.29) is 41.5 Å². The Kier molecular flexibility index (Phi) is 8.80. The summed E-state index contributed by atoms with van der Waals surface area (Å²) < 4.78 is 7.52. The fourth-order valence-corrected chi connectivity index (χ4v) is 4.51. The average Bonchev–Trinajstić information content (AvgIpc) is 3.10. The van der Waals surface area contributed by atoms with Crippen molar-refractivity contribution >= 4 is 52.7 Å². The van der Waals surface area contributed by atoms with Gasteiger partial charge in [0.15, 0.2) is 17.7 Å². The number of ether oxygens (including phenoxy) is 1. The van der Waals surface area contributed by atoms with Crippen LogP contribution in [0, 0.1) is 0 Å². The van der Waals surface area contributed by atoms with Crippen molar-refractivity contribution in [3.63, 3.8) is 0 Å². The third-order valence-electron chi connectivity index (χ3n) is 4.14. The van der Waals surface area contributed by atoms with Crippen molar-refractivity contribution in [2.75, 3.05) is 30.0 Å². The second-order valence-electron chi connectivity index (χ2n) is 5.92. The number of aromatic nitrogens is 4. The summed E-state index contributed by atoms with van der Waals surface area (Å²) in [5.41, 5.74) is 12.2. The number of hydrogen-bond acceptors (Lipinski definition) is 8. The maximum atomic E-state index is 10.4. The summed E-state index contributed by atoms with van der Waals surface area (Å²) in [6.45, 7) is 0.652.